The molecule has 1 saturated heterocycles. The van der Waals surface area contributed by atoms with Gasteiger partial charge in [0.25, 0.3) is 0 Å². The van der Waals surface area contributed by atoms with Crippen molar-refractivity contribution in [3.63, 3.8) is 0 Å². The molecule has 2 heteroatoms. The smallest absolute Gasteiger partial charge is 0.0769 e. The van der Waals surface area contributed by atoms with Gasteiger partial charge in [-0.05, 0) is 37.0 Å². The summed E-state index contributed by atoms with van der Waals surface area (Å²) in [6.45, 7) is 5.89. The van der Waals surface area contributed by atoms with Crippen molar-refractivity contribution >= 4 is 0 Å². The largest absolute Gasteiger partial charge is 0.396 e. The minimum Gasteiger partial charge on any atom is -0.396 e. The Morgan fingerprint density at radius 1 is 1.36 bits per heavy atom. The van der Waals surface area contributed by atoms with Gasteiger partial charge >= 0.3 is 0 Å². The molecule has 1 heterocycles. The summed E-state index contributed by atoms with van der Waals surface area (Å²) in [5, 5.41) is 9.58. The third kappa shape index (κ3) is 0.892. The van der Waals surface area contributed by atoms with Crippen LogP contribution >= 0.6 is 0 Å². The SMILES string of the molecule is CC1(C)CCC2(C1)OCC1CC12CO. The Bertz CT molecular complexity index is 269. The van der Waals surface area contributed by atoms with Gasteiger partial charge in [0.1, 0.15) is 0 Å². The van der Waals surface area contributed by atoms with E-state index < -0.39 is 0 Å². The maximum absolute atomic E-state index is 9.58. The second-order valence-corrected chi connectivity index (χ2v) is 6.36. The average molecular weight is 196 g/mol. The molecule has 14 heavy (non-hydrogen) atoms. The van der Waals surface area contributed by atoms with Crippen molar-refractivity contribution in [2.45, 2.75) is 45.1 Å². The van der Waals surface area contributed by atoms with Crippen molar-refractivity contribution in [1.29, 1.82) is 0 Å². The summed E-state index contributed by atoms with van der Waals surface area (Å²) in [6.07, 6.45) is 4.77. The van der Waals surface area contributed by atoms with Gasteiger partial charge < -0.3 is 9.84 Å². The monoisotopic (exact) mass is 196 g/mol. The lowest BCUT2D eigenvalue weighted by atomic mass is 9.79. The standard InChI is InChI=1S/C12H20O2/c1-10(2)3-4-12(7-10)11(8-13)5-9(11)6-14-12/h9,13H,3-8H2,1-2H3. The summed E-state index contributed by atoms with van der Waals surface area (Å²) < 4.78 is 6.03. The zero-order valence-corrected chi connectivity index (χ0v) is 9.18. The van der Waals surface area contributed by atoms with Crippen LogP contribution in [0, 0.1) is 16.7 Å². The van der Waals surface area contributed by atoms with Crippen LogP contribution in [0.5, 0.6) is 0 Å². The van der Waals surface area contributed by atoms with Crippen LogP contribution in [0.4, 0.5) is 0 Å². The van der Waals surface area contributed by atoms with E-state index in [2.05, 4.69) is 13.8 Å². The normalized spacial score (nSPS) is 53.8. The van der Waals surface area contributed by atoms with Crippen LogP contribution in [-0.4, -0.2) is 23.9 Å². The quantitative estimate of drug-likeness (QED) is 0.694. The highest BCUT2D eigenvalue weighted by atomic mass is 16.5. The zero-order valence-electron chi connectivity index (χ0n) is 9.18. The fraction of sp³-hybridized carbons (Fsp3) is 1.00. The van der Waals surface area contributed by atoms with E-state index in [9.17, 15) is 5.11 Å². The molecule has 3 unspecified atom stereocenters. The molecule has 1 spiro atoms. The molecule has 3 aliphatic rings. The Labute approximate surface area is 85.6 Å². The summed E-state index contributed by atoms with van der Waals surface area (Å²) in [5.74, 6) is 0.668. The molecule has 0 amide bonds. The number of hydrogen-bond acceptors (Lipinski definition) is 2. The Morgan fingerprint density at radius 3 is 2.64 bits per heavy atom. The second-order valence-electron chi connectivity index (χ2n) is 6.36. The molecule has 2 saturated carbocycles. The van der Waals surface area contributed by atoms with E-state index in [4.69, 9.17) is 4.74 Å². The lowest BCUT2D eigenvalue weighted by Crippen LogP contribution is -2.39. The summed E-state index contributed by atoms with van der Waals surface area (Å²) in [7, 11) is 0. The average Bonchev–Trinajstić information content (AvgIpc) is 2.69. The number of aliphatic hydroxyl groups excluding tert-OH is 1. The second kappa shape index (κ2) is 2.35. The molecule has 3 atom stereocenters. The van der Waals surface area contributed by atoms with Crippen LogP contribution in [0.1, 0.15) is 39.5 Å². The molecule has 3 rings (SSSR count). The van der Waals surface area contributed by atoms with E-state index in [0.717, 1.165) is 19.4 Å². The van der Waals surface area contributed by atoms with Crippen molar-refractivity contribution in [2.75, 3.05) is 13.2 Å². The van der Waals surface area contributed by atoms with Gasteiger partial charge in [-0.2, -0.15) is 0 Å². The van der Waals surface area contributed by atoms with Crippen LogP contribution in [0.15, 0.2) is 0 Å². The van der Waals surface area contributed by atoms with Gasteiger partial charge in [0.2, 0.25) is 0 Å². The maximum atomic E-state index is 9.58. The number of ether oxygens (including phenoxy) is 1. The minimum absolute atomic E-state index is 0.0515. The highest BCUT2D eigenvalue weighted by Gasteiger charge is 2.73. The van der Waals surface area contributed by atoms with E-state index in [1.807, 2.05) is 0 Å². The lowest BCUT2D eigenvalue weighted by molar-refractivity contribution is -0.0689. The molecule has 0 aromatic carbocycles. The first-order chi connectivity index (χ1) is 6.54. The summed E-state index contributed by atoms with van der Waals surface area (Å²) in [5.41, 5.74) is 0.635. The van der Waals surface area contributed by atoms with E-state index in [1.165, 1.54) is 12.8 Å². The molecule has 0 aromatic rings. The molecule has 2 nitrogen and oxygen atoms in total. The lowest BCUT2D eigenvalue weighted by Gasteiger charge is -2.34. The van der Waals surface area contributed by atoms with Crippen molar-refractivity contribution < 1.29 is 9.84 Å². The highest BCUT2D eigenvalue weighted by molar-refractivity contribution is 5.21. The first-order valence-corrected chi connectivity index (χ1v) is 5.79. The molecule has 2 aliphatic carbocycles. The number of fused-ring (bicyclic) bond motifs is 2. The van der Waals surface area contributed by atoms with E-state index >= 15 is 0 Å². The van der Waals surface area contributed by atoms with Crippen molar-refractivity contribution in [3.05, 3.63) is 0 Å². The predicted octanol–water partition coefficient (Wildman–Crippen LogP) is 1.96. The van der Waals surface area contributed by atoms with Gasteiger partial charge in [0.05, 0.1) is 18.8 Å². The fourth-order valence-corrected chi connectivity index (χ4v) is 3.94. The summed E-state index contributed by atoms with van der Waals surface area (Å²) in [4.78, 5) is 0. The third-order valence-electron chi connectivity index (χ3n) is 4.95. The van der Waals surface area contributed by atoms with Crippen LogP contribution in [0.25, 0.3) is 0 Å². The Kier molecular flexibility index (Phi) is 1.54. The number of aliphatic hydroxyl groups is 1. The molecule has 0 bridgehead atoms. The zero-order chi connectivity index (χ0) is 10.0. The predicted molar refractivity (Wildman–Crippen MR) is 53.9 cm³/mol. The van der Waals surface area contributed by atoms with Gasteiger partial charge in [-0.1, -0.05) is 13.8 Å². The fourth-order valence-electron chi connectivity index (χ4n) is 3.94. The van der Waals surface area contributed by atoms with Gasteiger partial charge in [-0.15, -0.1) is 0 Å². The molecular weight excluding hydrogens is 176 g/mol. The molecule has 0 radical (unpaired) electrons. The third-order valence-corrected chi connectivity index (χ3v) is 4.95. The molecule has 80 valence electrons. The van der Waals surface area contributed by atoms with Crippen LogP contribution in [0.3, 0.4) is 0 Å². The Balaban J connectivity index is 1.91. The Hall–Kier alpha value is -0.0800. The number of rotatable bonds is 1. The van der Waals surface area contributed by atoms with Gasteiger partial charge in [0, 0.05) is 5.41 Å². The van der Waals surface area contributed by atoms with Gasteiger partial charge in [0.15, 0.2) is 0 Å². The van der Waals surface area contributed by atoms with Crippen molar-refractivity contribution in [1.82, 2.24) is 0 Å². The van der Waals surface area contributed by atoms with Crippen LogP contribution in [0.2, 0.25) is 0 Å². The first kappa shape index (κ1) is 9.17. The van der Waals surface area contributed by atoms with Crippen molar-refractivity contribution in [3.8, 4) is 0 Å². The summed E-state index contributed by atoms with van der Waals surface area (Å²) >= 11 is 0. The van der Waals surface area contributed by atoms with E-state index in [0.29, 0.717) is 17.9 Å². The topological polar surface area (TPSA) is 29.5 Å². The number of hydrogen-bond donors (Lipinski definition) is 1. The van der Waals surface area contributed by atoms with Crippen molar-refractivity contribution in [2.24, 2.45) is 16.7 Å². The molecule has 1 N–H and O–H groups in total. The minimum atomic E-state index is 0.0515. The van der Waals surface area contributed by atoms with E-state index in [1.54, 1.807) is 0 Å². The molecule has 1 aliphatic heterocycles. The molecule has 3 fully saturated rings. The maximum Gasteiger partial charge on any atom is 0.0769 e. The molecular formula is C12H20O2. The van der Waals surface area contributed by atoms with Gasteiger partial charge in [-0.3, -0.25) is 0 Å². The highest BCUT2D eigenvalue weighted by Crippen LogP contribution is 2.71. The Morgan fingerprint density at radius 2 is 2.14 bits per heavy atom. The molecule has 0 aromatic heterocycles. The van der Waals surface area contributed by atoms with Gasteiger partial charge in [-0.25, -0.2) is 0 Å². The van der Waals surface area contributed by atoms with E-state index in [-0.39, 0.29) is 11.0 Å². The van der Waals surface area contributed by atoms with Crippen LogP contribution in [-0.2, 0) is 4.74 Å². The first-order valence-electron chi connectivity index (χ1n) is 5.79. The summed E-state index contributed by atoms with van der Waals surface area (Å²) in [6, 6.07) is 0. The van der Waals surface area contributed by atoms with Crippen LogP contribution < -0.4 is 0 Å².